The number of nitrogens with zero attached hydrogens (tertiary/aromatic N) is 4. The van der Waals surface area contributed by atoms with Crippen LogP contribution in [0.3, 0.4) is 0 Å². The molecule has 5 nitrogen and oxygen atoms in total. The molecule has 25 heavy (non-hydrogen) atoms. The maximum Gasteiger partial charge on any atom is 0.258 e. The summed E-state index contributed by atoms with van der Waals surface area (Å²) >= 11 is 0. The molecule has 132 valence electrons. The van der Waals surface area contributed by atoms with Gasteiger partial charge in [-0.15, -0.1) is 0 Å². The van der Waals surface area contributed by atoms with E-state index in [-0.39, 0.29) is 5.56 Å². The van der Waals surface area contributed by atoms with Crippen LogP contribution in [-0.4, -0.2) is 22.6 Å². The Balaban J connectivity index is 0.00000109. The lowest BCUT2D eigenvalue weighted by molar-refractivity contribution is 0.550. The van der Waals surface area contributed by atoms with E-state index in [9.17, 15) is 10.1 Å². The smallest absolute Gasteiger partial charge is 0.258 e. The summed E-state index contributed by atoms with van der Waals surface area (Å²) in [4.78, 5) is 19.3. The van der Waals surface area contributed by atoms with Gasteiger partial charge in [0, 0.05) is 24.8 Å². The van der Waals surface area contributed by atoms with Gasteiger partial charge in [0.15, 0.2) is 0 Å². The molecule has 1 aromatic carbocycles. The second-order valence-electron chi connectivity index (χ2n) is 5.95. The summed E-state index contributed by atoms with van der Waals surface area (Å²) in [6.07, 6.45) is 5.12. The Hall–Kier alpha value is -2.61. The van der Waals surface area contributed by atoms with Gasteiger partial charge in [0.1, 0.15) is 0 Å². The number of anilines is 1. The number of nitriles is 1. The highest BCUT2D eigenvalue weighted by Crippen LogP contribution is 2.18. The first kappa shape index (κ1) is 18.7. The molecule has 0 saturated carbocycles. The van der Waals surface area contributed by atoms with E-state index in [2.05, 4.69) is 16.0 Å². The molecule has 0 aliphatic carbocycles. The number of benzene rings is 1. The average Bonchev–Trinajstić information content (AvgIpc) is 2.68. The van der Waals surface area contributed by atoms with Crippen molar-refractivity contribution < 1.29 is 0 Å². The van der Waals surface area contributed by atoms with E-state index < -0.39 is 0 Å². The second kappa shape index (κ2) is 9.03. The van der Waals surface area contributed by atoms with Crippen molar-refractivity contribution >= 4 is 5.95 Å². The van der Waals surface area contributed by atoms with Crippen LogP contribution in [0.5, 0.6) is 0 Å². The van der Waals surface area contributed by atoms with Crippen molar-refractivity contribution in [2.24, 2.45) is 0 Å². The van der Waals surface area contributed by atoms with Gasteiger partial charge in [-0.25, -0.2) is 4.98 Å². The Labute approximate surface area is 149 Å². The van der Waals surface area contributed by atoms with Gasteiger partial charge in [-0.05, 0) is 37.8 Å². The maximum absolute atomic E-state index is 12.6. The lowest BCUT2D eigenvalue weighted by Gasteiger charge is -2.29. The number of aryl methyl sites for hydroxylation is 1. The van der Waals surface area contributed by atoms with Crippen molar-refractivity contribution in [3.63, 3.8) is 0 Å². The molecule has 0 spiro atoms. The lowest BCUT2D eigenvalue weighted by atomic mass is 10.1. The fourth-order valence-corrected chi connectivity index (χ4v) is 3.01. The predicted molar refractivity (Wildman–Crippen MR) is 101 cm³/mol. The van der Waals surface area contributed by atoms with Crippen LogP contribution in [0, 0.1) is 18.3 Å². The largest absolute Gasteiger partial charge is 0.342 e. The van der Waals surface area contributed by atoms with Gasteiger partial charge < -0.3 is 4.90 Å². The van der Waals surface area contributed by atoms with Crippen molar-refractivity contribution in [2.45, 2.75) is 46.6 Å². The Bertz CT molecular complexity index is 798. The molecule has 3 rings (SSSR count). The highest BCUT2D eigenvalue weighted by molar-refractivity contribution is 5.40. The Morgan fingerprint density at radius 3 is 2.52 bits per heavy atom. The van der Waals surface area contributed by atoms with Crippen molar-refractivity contribution in [3.8, 4) is 6.07 Å². The van der Waals surface area contributed by atoms with Gasteiger partial charge >= 0.3 is 0 Å². The van der Waals surface area contributed by atoms with Gasteiger partial charge in [0.05, 0.1) is 18.2 Å². The van der Waals surface area contributed by atoms with E-state index in [1.807, 2.05) is 32.0 Å². The molecule has 0 radical (unpaired) electrons. The summed E-state index contributed by atoms with van der Waals surface area (Å²) in [6, 6.07) is 9.61. The topological polar surface area (TPSA) is 61.9 Å². The molecule has 1 aromatic heterocycles. The van der Waals surface area contributed by atoms with Gasteiger partial charge in [0.25, 0.3) is 5.56 Å². The minimum absolute atomic E-state index is 0.0340. The van der Waals surface area contributed by atoms with Crippen molar-refractivity contribution in [1.82, 2.24) is 9.55 Å². The first-order valence-electron chi connectivity index (χ1n) is 9.00. The quantitative estimate of drug-likeness (QED) is 0.859. The van der Waals surface area contributed by atoms with Crippen LogP contribution in [0.1, 0.15) is 49.8 Å². The first-order valence-corrected chi connectivity index (χ1v) is 9.00. The van der Waals surface area contributed by atoms with E-state index >= 15 is 0 Å². The molecule has 1 fully saturated rings. The fraction of sp³-hybridized carbons (Fsp3) is 0.450. The standard InChI is InChI=1S/C18H20N4O.C2H6/c1-14-12-20-18(21-9-5-2-6-10-21)22(17(14)23)13-16-8-4-3-7-15(16)11-19;1-2/h3-4,7-8,12H,2,5-6,9-10,13H2,1H3;1-2H3. The van der Waals surface area contributed by atoms with E-state index in [1.165, 1.54) is 6.42 Å². The maximum atomic E-state index is 12.6. The molecule has 1 aliphatic heterocycles. The lowest BCUT2D eigenvalue weighted by Crippen LogP contribution is -2.37. The van der Waals surface area contributed by atoms with Crippen molar-refractivity contribution in [3.05, 3.63) is 57.5 Å². The third-order valence-corrected chi connectivity index (χ3v) is 4.30. The summed E-state index contributed by atoms with van der Waals surface area (Å²) < 4.78 is 1.71. The highest BCUT2D eigenvalue weighted by Gasteiger charge is 2.18. The molecule has 2 heterocycles. The van der Waals surface area contributed by atoms with E-state index in [0.717, 1.165) is 31.5 Å². The zero-order valence-electron chi connectivity index (χ0n) is 15.3. The second-order valence-corrected chi connectivity index (χ2v) is 5.95. The Morgan fingerprint density at radius 2 is 1.84 bits per heavy atom. The molecular formula is C20H26N4O. The average molecular weight is 338 g/mol. The third-order valence-electron chi connectivity index (χ3n) is 4.30. The molecular weight excluding hydrogens is 312 g/mol. The number of rotatable bonds is 3. The van der Waals surface area contributed by atoms with Crippen LogP contribution in [0.4, 0.5) is 5.95 Å². The van der Waals surface area contributed by atoms with Crippen LogP contribution < -0.4 is 10.5 Å². The summed E-state index contributed by atoms with van der Waals surface area (Å²) in [5.74, 6) is 0.716. The van der Waals surface area contributed by atoms with Gasteiger partial charge in [-0.2, -0.15) is 5.26 Å². The monoisotopic (exact) mass is 338 g/mol. The Kier molecular flexibility index (Phi) is 6.76. The molecule has 0 amide bonds. The molecule has 0 unspecified atom stereocenters. The number of hydrogen-bond donors (Lipinski definition) is 0. The summed E-state index contributed by atoms with van der Waals surface area (Å²) in [7, 11) is 0. The Morgan fingerprint density at radius 1 is 1.16 bits per heavy atom. The predicted octanol–water partition coefficient (Wildman–Crippen LogP) is 3.49. The van der Waals surface area contributed by atoms with E-state index in [4.69, 9.17) is 0 Å². The zero-order chi connectivity index (χ0) is 18.2. The van der Waals surface area contributed by atoms with Gasteiger partial charge in [-0.1, -0.05) is 32.0 Å². The summed E-state index contributed by atoms with van der Waals surface area (Å²) in [6.45, 7) is 8.01. The SMILES string of the molecule is CC.Cc1cnc(N2CCCCC2)n(Cc2ccccc2C#N)c1=O. The molecule has 5 heteroatoms. The first-order chi connectivity index (χ1) is 12.2. The number of hydrogen-bond acceptors (Lipinski definition) is 4. The van der Waals surface area contributed by atoms with Gasteiger partial charge in [-0.3, -0.25) is 9.36 Å². The third kappa shape index (κ3) is 4.27. The highest BCUT2D eigenvalue weighted by atomic mass is 16.1. The van der Waals surface area contributed by atoms with Crippen LogP contribution in [-0.2, 0) is 6.54 Å². The summed E-state index contributed by atoms with van der Waals surface area (Å²) in [5, 5.41) is 9.27. The minimum Gasteiger partial charge on any atom is -0.342 e. The van der Waals surface area contributed by atoms with E-state index in [0.29, 0.717) is 23.6 Å². The molecule has 0 atom stereocenters. The number of piperidine rings is 1. The van der Waals surface area contributed by atoms with Crippen LogP contribution in [0.25, 0.3) is 0 Å². The fourth-order valence-electron chi connectivity index (χ4n) is 3.01. The van der Waals surface area contributed by atoms with Crippen LogP contribution >= 0.6 is 0 Å². The van der Waals surface area contributed by atoms with Crippen molar-refractivity contribution in [1.29, 1.82) is 5.26 Å². The number of aromatic nitrogens is 2. The molecule has 0 N–H and O–H groups in total. The van der Waals surface area contributed by atoms with Gasteiger partial charge in [0.2, 0.25) is 5.95 Å². The molecule has 1 saturated heterocycles. The normalized spacial score (nSPS) is 13.6. The molecule has 0 bridgehead atoms. The van der Waals surface area contributed by atoms with E-state index in [1.54, 1.807) is 23.8 Å². The molecule has 1 aliphatic rings. The minimum atomic E-state index is -0.0340. The van der Waals surface area contributed by atoms with Crippen molar-refractivity contribution in [2.75, 3.05) is 18.0 Å². The molecule has 2 aromatic rings. The van der Waals surface area contributed by atoms with Crippen LogP contribution in [0.15, 0.2) is 35.3 Å². The van der Waals surface area contributed by atoms with Crippen LogP contribution in [0.2, 0.25) is 0 Å². The summed E-state index contributed by atoms with van der Waals surface area (Å²) in [5.41, 5.74) is 2.04. The zero-order valence-corrected chi connectivity index (χ0v) is 15.3.